The van der Waals surface area contributed by atoms with Crippen LogP contribution in [0.25, 0.3) is 0 Å². The molecule has 0 aliphatic carbocycles. The highest BCUT2D eigenvalue weighted by atomic mass is 35.5. The van der Waals surface area contributed by atoms with Crippen LogP contribution >= 0.6 is 11.6 Å². The van der Waals surface area contributed by atoms with Crippen molar-refractivity contribution < 1.29 is 13.2 Å². The molecular formula is C14H16ClN3O3S. The topological polar surface area (TPSA) is 79.4 Å². The Morgan fingerprint density at radius 1 is 1.50 bits per heavy atom. The summed E-state index contributed by atoms with van der Waals surface area (Å²) in [5.74, 6) is 1.99. The van der Waals surface area contributed by atoms with E-state index in [1.54, 1.807) is 0 Å². The van der Waals surface area contributed by atoms with Crippen LogP contribution in [0, 0.1) is 18.3 Å². The fraction of sp³-hybridized carbons (Fsp3) is 0.429. The predicted octanol–water partition coefficient (Wildman–Crippen LogP) is 0.885. The van der Waals surface area contributed by atoms with E-state index in [9.17, 15) is 13.2 Å². The maximum Gasteiger partial charge on any atom is 0.246 e. The number of hydrogen-bond acceptors (Lipinski definition) is 4. The number of rotatable bonds is 4. The molecule has 1 aromatic heterocycles. The summed E-state index contributed by atoms with van der Waals surface area (Å²) in [6.07, 6.45) is 7.43. The van der Waals surface area contributed by atoms with Gasteiger partial charge in [-0.3, -0.25) is 4.79 Å². The van der Waals surface area contributed by atoms with Crippen molar-refractivity contribution in [3.63, 3.8) is 0 Å². The molecule has 8 heteroatoms. The molecule has 1 fully saturated rings. The van der Waals surface area contributed by atoms with Crippen LogP contribution in [-0.4, -0.2) is 43.2 Å². The Bertz CT molecular complexity index is 692. The van der Waals surface area contributed by atoms with Crippen LogP contribution < -0.4 is 5.32 Å². The van der Waals surface area contributed by atoms with Crippen LogP contribution in [0.4, 0.5) is 0 Å². The monoisotopic (exact) mass is 341 g/mol. The smallest absolute Gasteiger partial charge is 0.246 e. The Kier molecular flexibility index (Phi) is 5.40. The Balaban J connectivity index is 2.04. The first-order chi connectivity index (χ1) is 10.5. The second-order valence-corrected chi connectivity index (χ2v) is 7.16. The molecule has 0 saturated carbocycles. The zero-order valence-corrected chi connectivity index (χ0v) is 13.4. The number of carbonyl (C=O) groups excluding carboxylic acids is 1. The lowest BCUT2D eigenvalue weighted by Gasteiger charge is -2.30. The first-order valence-electron chi connectivity index (χ1n) is 6.78. The molecule has 6 nitrogen and oxygen atoms in total. The minimum Gasteiger partial charge on any atom is -0.345 e. The van der Waals surface area contributed by atoms with Crippen LogP contribution in [0.5, 0.6) is 0 Å². The number of halogens is 1. The predicted molar refractivity (Wildman–Crippen MR) is 82.6 cm³/mol. The molecule has 1 amide bonds. The first-order valence-corrected chi connectivity index (χ1v) is 8.60. The molecule has 1 saturated heterocycles. The summed E-state index contributed by atoms with van der Waals surface area (Å²) in [5, 5.41) is 2.58. The van der Waals surface area contributed by atoms with Crippen molar-refractivity contribution in [1.82, 2.24) is 14.6 Å². The van der Waals surface area contributed by atoms with Gasteiger partial charge in [0.1, 0.15) is 10.0 Å². The largest absolute Gasteiger partial charge is 0.345 e. The SMILES string of the molecule is C#CCNC(=O)C1CCN(S(=O)(=O)c2cccnc2Cl)CC1. The number of sulfonamides is 1. The van der Waals surface area contributed by atoms with E-state index >= 15 is 0 Å². The standard InChI is InChI=1S/C14H16ClN3O3S/c1-2-7-17-14(19)11-5-9-18(10-6-11)22(20,21)12-4-3-8-16-13(12)15/h1,3-4,8,11H,5-7,9-10H2,(H,17,19). The van der Waals surface area contributed by atoms with Gasteiger partial charge < -0.3 is 5.32 Å². The Hall–Kier alpha value is -1.62. The lowest BCUT2D eigenvalue weighted by molar-refractivity contribution is -0.125. The molecule has 118 valence electrons. The first kappa shape index (κ1) is 16.7. The van der Waals surface area contributed by atoms with Gasteiger partial charge in [0.25, 0.3) is 0 Å². The number of hydrogen-bond donors (Lipinski definition) is 1. The van der Waals surface area contributed by atoms with Gasteiger partial charge >= 0.3 is 0 Å². The molecule has 0 atom stereocenters. The fourth-order valence-corrected chi connectivity index (χ4v) is 4.24. The average molecular weight is 342 g/mol. The van der Waals surface area contributed by atoms with Crippen LogP contribution in [0.1, 0.15) is 12.8 Å². The summed E-state index contributed by atoms with van der Waals surface area (Å²) >= 11 is 5.86. The summed E-state index contributed by atoms with van der Waals surface area (Å²) < 4.78 is 26.4. The van der Waals surface area contributed by atoms with Crippen LogP contribution in [0.3, 0.4) is 0 Å². The molecule has 0 bridgehead atoms. The van der Waals surface area contributed by atoms with Gasteiger partial charge in [0.2, 0.25) is 15.9 Å². The molecule has 1 N–H and O–H groups in total. The van der Waals surface area contributed by atoms with E-state index in [0.717, 1.165) is 0 Å². The van der Waals surface area contributed by atoms with Gasteiger partial charge in [-0.1, -0.05) is 17.5 Å². The van der Waals surface area contributed by atoms with Gasteiger partial charge in [0, 0.05) is 25.2 Å². The Morgan fingerprint density at radius 2 is 2.18 bits per heavy atom. The zero-order valence-electron chi connectivity index (χ0n) is 11.8. The molecule has 1 aliphatic heterocycles. The van der Waals surface area contributed by atoms with Crippen molar-refractivity contribution in [3.8, 4) is 12.3 Å². The third kappa shape index (κ3) is 3.58. The van der Waals surface area contributed by atoms with Crippen molar-refractivity contribution in [2.45, 2.75) is 17.7 Å². The number of nitrogens with zero attached hydrogens (tertiary/aromatic N) is 2. The molecule has 0 radical (unpaired) electrons. The lowest BCUT2D eigenvalue weighted by Crippen LogP contribution is -2.43. The number of aromatic nitrogens is 1. The van der Waals surface area contributed by atoms with Crippen LogP contribution in [0.2, 0.25) is 5.15 Å². The quantitative estimate of drug-likeness (QED) is 0.651. The van der Waals surface area contributed by atoms with Gasteiger partial charge in [0.15, 0.2) is 0 Å². The van der Waals surface area contributed by atoms with Crippen molar-refractivity contribution in [2.75, 3.05) is 19.6 Å². The fourth-order valence-electron chi connectivity index (χ4n) is 2.34. The molecule has 0 unspecified atom stereocenters. The van der Waals surface area contributed by atoms with Crippen molar-refractivity contribution in [1.29, 1.82) is 0 Å². The van der Waals surface area contributed by atoms with E-state index in [1.165, 1.54) is 22.6 Å². The molecule has 2 rings (SSSR count). The summed E-state index contributed by atoms with van der Waals surface area (Å²) in [5.41, 5.74) is 0. The highest BCUT2D eigenvalue weighted by Crippen LogP contribution is 2.26. The highest BCUT2D eigenvalue weighted by Gasteiger charge is 2.33. The third-order valence-corrected chi connectivity index (χ3v) is 5.88. The second-order valence-electron chi connectivity index (χ2n) is 4.89. The maximum atomic E-state index is 12.5. The maximum absolute atomic E-state index is 12.5. The number of amides is 1. The second kappa shape index (κ2) is 7.09. The van der Waals surface area contributed by atoms with Gasteiger partial charge in [-0.2, -0.15) is 4.31 Å². The number of carbonyl (C=O) groups is 1. The number of pyridine rings is 1. The normalized spacial score (nSPS) is 16.9. The van der Waals surface area contributed by atoms with Crippen LogP contribution in [0.15, 0.2) is 23.2 Å². The van der Waals surface area contributed by atoms with Gasteiger partial charge in [-0.05, 0) is 25.0 Å². The highest BCUT2D eigenvalue weighted by molar-refractivity contribution is 7.89. The lowest BCUT2D eigenvalue weighted by atomic mass is 9.97. The zero-order chi connectivity index (χ0) is 16.2. The molecule has 22 heavy (non-hydrogen) atoms. The summed E-state index contributed by atoms with van der Waals surface area (Å²) in [4.78, 5) is 15.6. The van der Waals surface area contributed by atoms with Gasteiger partial charge in [-0.15, -0.1) is 6.42 Å². The minimum atomic E-state index is -3.68. The van der Waals surface area contributed by atoms with Crippen molar-refractivity contribution in [3.05, 3.63) is 23.5 Å². The number of nitrogens with one attached hydrogen (secondary N) is 1. The van der Waals surface area contributed by atoms with Gasteiger partial charge in [0.05, 0.1) is 6.54 Å². The average Bonchev–Trinajstić information content (AvgIpc) is 2.53. The third-order valence-electron chi connectivity index (χ3n) is 3.53. The summed E-state index contributed by atoms with van der Waals surface area (Å²) in [6.45, 7) is 0.714. The van der Waals surface area contributed by atoms with E-state index in [0.29, 0.717) is 12.8 Å². The van der Waals surface area contributed by atoms with Crippen molar-refractivity contribution >= 4 is 27.5 Å². The molecular weight excluding hydrogens is 326 g/mol. The minimum absolute atomic E-state index is 0.00750. The van der Waals surface area contributed by atoms with E-state index in [4.69, 9.17) is 18.0 Å². The van der Waals surface area contributed by atoms with Gasteiger partial charge in [-0.25, -0.2) is 13.4 Å². The number of terminal acetylenes is 1. The van der Waals surface area contributed by atoms with E-state index < -0.39 is 10.0 Å². The Morgan fingerprint density at radius 3 is 2.77 bits per heavy atom. The molecule has 1 aliphatic rings. The molecule has 0 aromatic carbocycles. The van der Waals surface area contributed by atoms with Crippen LogP contribution in [-0.2, 0) is 14.8 Å². The summed E-state index contributed by atoms with van der Waals surface area (Å²) in [7, 11) is -3.68. The molecule has 1 aromatic rings. The van der Waals surface area contributed by atoms with E-state index in [2.05, 4.69) is 16.2 Å². The molecule has 0 spiro atoms. The molecule has 2 heterocycles. The van der Waals surface area contributed by atoms with E-state index in [-0.39, 0.29) is 41.5 Å². The van der Waals surface area contributed by atoms with Crippen molar-refractivity contribution in [2.24, 2.45) is 5.92 Å². The summed E-state index contributed by atoms with van der Waals surface area (Å²) in [6, 6.07) is 2.95. The Labute approximate surface area is 134 Å². The van der Waals surface area contributed by atoms with E-state index in [1.807, 2.05) is 0 Å². The number of piperidine rings is 1.